The average molecular weight is 366 g/mol. The summed E-state index contributed by atoms with van der Waals surface area (Å²) in [5.74, 6) is 0. The molecule has 0 saturated heterocycles. The van der Waals surface area contributed by atoms with Gasteiger partial charge in [0, 0.05) is 0 Å². The number of quaternary nitrogens is 2. The first-order valence-electron chi connectivity index (χ1n) is 5.34. The number of aliphatic hydroxyl groups is 1. The van der Waals surface area contributed by atoms with Crippen molar-refractivity contribution in [3.8, 4) is 0 Å². The molecule has 0 radical (unpaired) electrons. The minimum atomic E-state index is 0. The summed E-state index contributed by atoms with van der Waals surface area (Å²) in [5, 5.41) is 8.39. The number of hydrogen-bond acceptors (Lipinski definition) is 1. The van der Waals surface area contributed by atoms with E-state index in [-0.39, 0.29) is 40.6 Å². The first-order chi connectivity index (χ1) is 6.12. The van der Waals surface area contributed by atoms with E-state index in [1.165, 1.54) is 13.0 Å². The zero-order valence-electron chi connectivity index (χ0n) is 11.9. The van der Waals surface area contributed by atoms with Crippen LogP contribution in [0.3, 0.4) is 0 Å². The number of halogens is 2. The highest BCUT2D eigenvalue weighted by atomic mass is 79.9. The van der Waals surface area contributed by atoms with Gasteiger partial charge in [0.15, 0.2) is 0 Å². The van der Waals surface area contributed by atoms with Crippen molar-refractivity contribution in [2.75, 3.05) is 62.0 Å². The Morgan fingerprint density at radius 3 is 1.06 bits per heavy atom. The summed E-state index contributed by atoms with van der Waals surface area (Å²) in [6.45, 7) is 4.60. The van der Waals surface area contributed by atoms with Crippen LogP contribution in [0.1, 0.15) is 13.3 Å². The lowest BCUT2D eigenvalue weighted by Gasteiger charge is -2.22. The maximum Gasteiger partial charge on any atom is 0.101 e. The Balaban J connectivity index is -0.0000000800. The molecule has 0 aromatic carbocycles. The quantitative estimate of drug-likeness (QED) is 0.494. The molecule has 0 aliphatic heterocycles. The largest absolute Gasteiger partial charge is 1.00 e. The van der Waals surface area contributed by atoms with Gasteiger partial charge in [0.1, 0.15) is 6.54 Å². The van der Waals surface area contributed by atoms with Crippen LogP contribution in [0.2, 0.25) is 0 Å². The van der Waals surface area contributed by atoms with Crippen LogP contribution in [0.15, 0.2) is 0 Å². The van der Waals surface area contributed by atoms with Gasteiger partial charge in [0.2, 0.25) is 0 Å². The summed E-state index contributed by atoms with van der Waals surface area (Å²) in [7, 11) is 12.8. The first-order valence-corrected chi connectivity index (χ1v) is 5.34. The molecule has 0 saturated carbocycles. The van der Waals surface area contributed by atoms with Gasteiger partial charge >= 0.3 is 0 Å². The van der Waals surface area contributed by atoms with E-state index >= 15 is 0 Å². The highest BCUT2D eigenvalue weighted by molar-refractivity contribution is 4.20. The Kier molecular flexibility index (Phi) is 19.7. The molecular formula is C11H30Br2N2O. The molecule has 0 rings (SSSR count). The molecule has 0 spiro atoms. The molecule has 0 aliphatic carbocycles. The lowest BCUT2D eigenvalue weighted by molar-refractivity contribution is -0.870. The van der Waals surface area contributed by atoms with Gasteiger partial charge in [-0.3, -0.25) is 0 Å². The standard InChI is InChI=1S/C6H16N.C5H14NO.2BrH/c1-5-6-7(2,3)4;1-6(2,3)4-5-7;;/h5-6H2,1-4H3;7H,4-5H2,1-3H3;2*1H/q2*+1;;/p-2. The molecule has 104 valence electrons. The van der Waals surface area contributed by atoms with E-state index in [0.29, 0.717) is 0 Å². The number of likely N-dealkylation sites (N-methyl/N-ethyl adjacent to an activating group) is 1. The second kappa shape index (κ2) is 12.3. The topological polar surface area (TPSA) is 20.2 Å². The molecule has 5 heteroatoms. The van der Waals surface area contributed by atoms with Gasteiger partial charge in [0.25, 0.3) is 0 Å². The Bertz CT molecular complexity index is 115. The Morgan fingerprint density at radius 2 is 1.06 bits per heavy atom. The van der Waals surface area contributed by atoms with E-state index in [9.17, 15) is 0 Å². The van der Waals surface area contributed by atoms with Crippen molar-refractivity contribution in [3.05, 3.63) is 0 Å². The molecule has 0 atom stereocenters. The number of rotatable bonds is 4. The molecule has 0 fully saturated rings. The van der Waals surface area contributed by atoms with Crippen LogP contribution in [0.5, 0.6) is 0 Å². The van der Waals surface area contributed by atoms with Crippen molar-refractivity contribution in [1.82, 2.24) is 0 Å². The molecule has 0 unspecified atom stereocenters. The van der Waals surface area contributed by atoms with E-state index in [2.05, 4.69) is 49.2 Å². The SMILES string of the molecule is CCC[N+](C)(C)C.C[N+](C)(C)CCO.[Br-].[Br-]. The molecule has 0 bridgehead atoms. The Hall–Kier alpha value is 0.840. The molecule has 1 N–H and O–H groups in total. The van der Waals surface area contributed by atoms with Crippen molar-refractivity contribution >= 4 is 0 Å². The van der Waals surface area contributed by atoms with E-state index in [4.69, 9.17) is 5.11 Å². The molecule has 0 heterocycles. The summed E-state index contributed by atoms with van der Waals surface area (Å²) in [4.78, 5) is 0. The normalized spacial score (nSPS) is 10.5. The maximum absolute atomic E-state index is 8.39. The Morgan fingerprint density at radius 1 is 0.750 bits per heavy atom. The summed E-state index contributed by atoms with van der Waals surface area (Å²) < 4.78 is 1.94. The Labute approximate surface area is 123 Å². The van der Waals surface area contributed by atoms with Crippen LogP contribution in [0.4, 0.5) is 0 Å². The summed E-state index contributed by atoms with van der Waals surface area (Å²) in [5.41, 5.74) is 0. The van der Waals surface area contributed by atoms with E-state index in [1.54, 1.807) is 0 Å². The van der Waals surface area contributed by atoms with Crippen molar-refractivity contribution in [2.45, 2.75) is 13.3 Å². The van der Waals surface area contributed by atoms with Crippen LogP contribution >= 0.6 is 0 Å². The molecular weight excluding hydrogens is 336 g/mol. The average Bonchev–Trinajstić information content (AvgIpc) is 1.81. The number of nitrogens with zero attached hydrogens (tertiary/aromatic N) is 2. The predicted octanol–water partition coefficient (Wildman–Crippen LogP) is -5.20. The number of aliphatic hydroxyl groups excluding tert-OH is 1. The molecule has 3 nitrogen and oxygen atoms in total. The molecule has 16 heavy (non-hydrogen) atoms. The third-order valence-corrected chi connectivity index (χ3v) is 1.67. The van der Waals surface area contributed by atoms with Crippen molar-refractivity contribution in [2.24, 2.45) is 0 Å². The van der Waals surface area contributed by atoms with Crippen LogP contribution in [-0.4, -0.2) is 76.1 Å². The fourth-order valence-corrected chi connectivity index (χ4v) is 0.971. The van der Waals surface area contributed by atoms with E-state index in [0.717, 1.165) is 15.5 Å². The lowest BCUT2D eigenvalue weighted by atomic mass is 10.4. The zero-order chi connectivity index (χ0) is 11.8. The monoisotopic (exact) mass is 364 g/mol. The van der Waals surface area contributed by atoms with Gasteiger partial charge in [-0.2, -0.15) is 0 Å². The third-order valence-electron chi connectivity index (χ3n) is 1.67. The van der Waals surface area contributed by atoms with Crippen LogP contribution < -0.4 is 34.0 Å². The van der Waals surface area contributed by atoms with E-state index < -0.39 is 0 Å². The van der Waals surface area contributed by atoms with E-state index in [1.807, 2.05) is 0 Å². The fourth-order valence-electron chi connectivity index (χ4n) is 0.971. The third kappa shape index (κ3) is 36.4. The molecule has 0 amide bonds. The molecule has 0 aromatic rings. The van der Waals surface area contributed by atoms with Gasteiger partial charge in [-0.1, -0.05) is 6.92 Å². The highest BCUT2D eigenvalue weighted by Crippen LogP contribution is 1.90. The second-order valence-corrected chi connectivity index (χ2v) is 5.75. The van der Waals surface area contributed by atoms with Gasteiger partial charge in [-0.15, -0.1) is 0 Å². The van der Waals surface area contributed by atoms with Crippen molar-refractivity contribution < 1.29 is 48.0 Å². The van der Waals surface area contributed by atoms with Gasteiger partial charge < -0.3 is 48.0 Å². The minimum Gasteiger partial charge on any atom is -1.00 e. The summed E-state index contributed by atoms with van der Waals surface area (Å²) in [6, 6.07) is 0. The maximum atomic E-state index is 8.39. The van der Waals surface area contributed by atoms with Crippen LogP contribution in [0, 0.1) is 0 Å². The molecule has 0 aromatic heterocycles. The highest BCUT2D eigenvalue weighted by Gasteiger charge is 2.02. The van der Waals surface area contributed by atoms with Gasteiger partial charge in [0.05, 0.1) is 55.4 Å². The zero-order valence-corrected chi connectivity index (χ0v) is 15.1. The van der Waals surface area contributed by atoms with Gasteiger partial charge in [-0.05, 0) is 6.42 Å². The summed E-state index contributed by atoms with van der Waals surface area (Å²) in [6.07, 6.45) is 1.28. The summed E-state index contributed by atoms with van der Waals surface area (Å²) >= 11 is 0. The van der Waals surface area contributed by atoms with Gasteiger partial charge in [-0.25, -0.2) is 0 Å². The first kappa shape index (κ1) is 25.6. The smallest absolute Gasteiger partial charge is 0.101 e. The van der Waals surface area contributed by atoms with Crippen molar-refractivity contribution in [1.29, 1.82) is 0 Å². The predicted molar refractivity (Wildman–Crippen MR) is 63.2 cm³/mol. The second-order valence-electron chi connectivity index (χ2n) is 5.75. The minimum absolute atomic E-state index is 0. The fraction of sp³-hybridized carbons (Fsp3) is 1.00. The van der Waals surface area contributed by atoms with Crippen LogP contribution in [0.25, 0.3) is 0 Å². The lowest BCUT2D eigenvalue weighted by Crippen LogP contribution is -3.00. The van der Waals surface area contributed by atoms with Crippen molar-refractivity contribution in [3.63, 3.8) is 0 Å². The van der Waals surface area contributed by atoms with Crippen LogP contribution in [-0.2, 0) is 0 Å². The molecule has 0 aliphatic rings. The number of hydrogen-bond donors (Lipinski definition) is 1.